The molecule has 0 aliphatic carbocycles. The molecule has 0 saturated carbocycles. The number of nitrogens with zero attached hydrogens (tertiary/aromatic N) is 1. The lowest BCUT2D eigenvalue weighted by atomic mass is 10.2. The van der Waals surface area contributed by atoms with Gasteiger partial charge in [0.25, 0.3) is 5.91 Å². The largest absolute Gasteiger partial charge is 0.480 e. The second-order valence-electron chi connectivity index (χ2n) is 5.07. The Hall–Kier alpha value is -2.31. The van der Waals surface area contributed by atoms with E-state index in [0.29, 0.717) is 23.0 Å². The molecule has 0 unspecified atom stereocenters. The van der Waals surface area contributed by atoms with Crippen LogP contribution in [-0.4, -0.2) is 47.7 Å². The van der Waals surface area contributed by atoms with Gasteiger partial charge in [0.05, 0.1) is 18.2 Å². The van der Waals surface area contributed by atoms with Gasteiger partial charge in [-0.25, -0.2) is 4.79 Å². The Morgan fingerprint density at radius 3 is 2.74 bits per heavy atom. The number of ether oxygens (including phenoxy) is 1. The number of halogens is 1. The van der Waals surface area contributed by atoms with E-state index in [1.807, 2.05) is 6.07 Å². The van der Waals surface area contributed by atoms with Crippen molar-refractivity contribution in [2.45, 2.75) is 6.04 Å². The van der Waals surface area contributed by atoms with E-state index in [1.165, 1.54) is 11.0 Å². The number of carbonyl (C=O) groups is 2. The van der Waals surface area contributed by atoms with Gasteiger partial charge in [-0.3, -0.25) is 4.79 Å². The van der Waals surface area contributed by atoms with Crippen molar-refractivity contribution in [3.8, 4) is 11.3 Å². The molecule has 1 aromatic heterocycles. The Labute approximate surface area is 137 Å². The van der Waals surface area contributed by atoms with Crippen molar-refractivity contribution in [2.75, 3.05) is 19.8 Å². The molecule has 1 fully saturated rings. The number of carboxylic acid groups (broad SMARTS) is 1. The van der Waals surface area contributed by atoms with E-state index in [9.17, 15) is 14.7 Å². The second kappa shape index (κ2) is 6.44. The van der Waals surface area contributed by atoms with E-state index in [1.54, 1.807) is 24.3 Å². The molecule has 2 heterocycles. The van der Waals surface area contributed by atoms with Crippen LogP contribution in [0.15, 0.2) is 40.8 Å². The van der Waals surface area contributed by atoms with Crippen LogP contribution in [0, 0.1) is 0 Å². The van der Waals surface area contributed by atoms with Crippen LogP contribution in [0.25, 0.3) is 11.3 Å². The molecular formula is C16H14ClNO5. The molecule has 3 rings (SSSR count). The number of benzene rings is 1. The first kappa shape index (κ1) is 15.6. The average molecular weight is 336 g/mol. The van der Waals surface area contributed by atoms with Crippen LogP contribution in [0.3, 0.4) is 0 Å². The quantitative estimate of drug-likeness (QED) is 0.932. The topological polar surface area (TPSA) is 80.0 Å². The average Bonchev–Trinajstić information content (AvgIpc) is 3.04. The number of rotatable bonds is 3. The lowest BCUT2D eigenvalue weighted by Gasteiger charge is -2.32. The maximum absolute atomic E-state index is 12.5. The second-order valence-corrected chi connectivity index (χ2v) is 5.48. The molecule has 0 spiro atoms. The van der Waals surface area contributed by atoms with Gasteiger partial charge >= 0.3 is 5.97 Å². The summed E-state index contributed by atoms with van der Waals surface area (Å²) in [4.78, 5) is 25.0. The predicted molar refractivity (Wildman–Crippen MR) is 82.4 cm³/mol. The van der Waals surface area contributed by atoms with E-state index in [0.717, 1.165) is 0 Å². The van der Waals surface area contributed by atoms with Crippen LogP contribution in [0.5, 0.6) is 0 Å². The number of hydrogen-bond acceptors (Lipinski definition) is 4. The van der Waals surface area contributed by atoms with Crippen molar-refractivity contribution in [2.24, 2.45) is 0 Å². The maximum Gasteiger partial charge on any atom is 0.328 e. The van der Waals surface area contributed by atoms with E-state index < -0.39 is 17.9 Å². The zero-order valence-electron chi connectivity index (χ0n) is 12.1. The number of hydrogen-bond donors (Lipinski definition) is 1. The van der Waals surface area contributed by atoms with Crippen molar-refractivity contribution in [1.82, 2.24) is 4.90 Å². The molecule has 120 valence electrons. The van der Waals surface area contributed by atoms with Crippen LogP contribution in [0.4, 0.5) is 0 Å². The molecular weight excluding hydrogens is 322 g/mol. The molecule has 1 amide bonds. The van der Waals surface area contributed by atoms with Crippen molar-refractivity contribution >= 4 is 23.5 Å². The fraction of sp³-hybridized carbons (Fsp3) is 0.250. The minimum absolute atomic E-state index is 0.0286. The van der Waals surface area contributed by atoms with Gasteiger partial charge in [0.2, 0.25) is 0 Å². The van der Waals surface area contributed by atoms with E-state index in [4.69, 9.17) is 20.8 Å². The minimum Gasteiger partial charge on any atom is -0.480 e. The first-order chi connectivity index (χ1) is 11.1. The number of carbonyl (C=O) groups excluding carboxylic acids is 1. The molecule has 7 heteroatoms. The Bertz CT molecular complexity index is 742. The van der Waals surface area contributed by atoms with Gasteiger partial charge in [-0.1, -0.05) is 23.7 Å². The van der Waals surface area contributed by atoms with Crippen LogP contribution < -0.4 is 0 Å². The monoisotopic (exact) mass is 335 g/mol. The van der Waals surface area contributed by atoms with Gasteiger partial charge in [-0.15, -0.1) is 0 Å². The fourth-order valence-electron chi connectivity index (χ4n) is 2.45. The number of carboxylic acids is 1. The van der Waals surface area contributed by atoms with E-state index in [2.05, 4.69) is 0 Å². The lowest BCUT2D eigenvalue weighted by Crippen LogP contribution is -2.52. The molecule has 1 N–H and O–H groups in total. The van der Waals surface area contributed by atoms with Gasteiger partial charge in [-0.05, 0) is 24.3 Å². The van der Waals surface area contributed by atoms with Crippen molar-refractivity contribution in [1.29, 1.82) is 0 Å². The molecule has 23 heavy (non-hydrogen) atoms. The van der Waals surface area contributed by atoms with Crippen LogP contribution >= 0.6 is 11.6 Å². The van der Waals surface area contributed by atoms with Crippen LogP contribution in [0.1, 0.15) is 10.6 Å². The summed E-state index contributed by atoms with van der Waals surface area (Å²) >= 11 is 6.11. The highest BCUT2D eigenvalue weighted by Crippen LogP contribution is 2.29. The molecule has 1 atom stereocenters. The zero-order valence-corrected chi connectivity index (χ0v) is 12.8. The number of aliphatic carboxylic acids is 1. The first-order valence-corrected chi connectivity index (χ1v) is 7.42. The molecule has 0 radical (unpaired) electrons. The highest BCUT2D eigenvalue weighted by Gasteiger charge is 2.34. The summed E-state index contributed by atoms with van der Waals surface area (Å²) in [5, 5.41) is 9.71. The molecule has 2 aromatic rings. The molecule has 1 aliphatic heterocycles. The zero-order chi connectivity index (χ0) is 16.4. The van der Waals surface area contributed by atoms with Gasteiger partial charge < -0.3 is 19.2 Å². The smallest absolute Gasteiger partial charge is 0.328 e. The normalized spacial score (nSPS) is 18.0. The third-order valence-corrected chi connectivity index (χ3v) is 3.96. The highest BCUT2D eigenvalue weighted by atomic mass is 35.5. The summed E-state index contributed by atoms with van der Waals surface area (Å²) < 4.78 is 10.7. The molecule has 0 bridgehead atoms. The van der Waals surface area contributed by atoms with E-state index >= 15 is 0 Å². The number of morpholine rings is 1. The van der Waals surface area contributed by atoms with Crippen molar-refractivity contribution in [3.63, 3.8) is 0 Å². The molecule has 6 nitrogen and oxygen atoms in total. The minimum atomic E-state index is -1.10. The van der Waals surface area contributed by atoms with Gasteiger partial charge in [0.15, 0.2) is 11.8 Å². The third kappa shape index (κ3) is 3.09. The SMILES string of the molecule is O=C(O)[C@@H]1COCCN1C(=O)c1ccc(-c2ccccc2Cl)o1. The number of amides is 1. The third-order valence-electron chi connectivity index (χ3n) is 3.63. The number of furan rings is 1. The highest BCUT2D eigenvalue weighted by molar-refractivity contribution is 6.33. The summed E-state index contributed by atoms with van der Waals surface area (Å²) in [6.45, 7) is 0.477. The van der Waals surface area contributed by atoms with Crippen molar-refractivity contribution < 1.29 is 23.8 Å². The fourth-order valence-corrected chi connectivity index (χ4v) is 2.68. The molecule has 1 aliphatic rings. The van der Waals surface area contributed by atoms with Gasteiger partial charge in [0, 0.05) is 12.1 Å². The predicted octanol–water partition coefficient (Wildman–Crippen LogP) is 2.53. The summed E-state index contributed by atoms with van der Waals surface area (Å²) in [5.41, 5.74) is 0.671. The Balaban J connectivity index is 1.86. The standard InChI is InChI=1S/C16H14ClNO5/c17-11-4-2-1-3-10(11)13-5-6-14(23-13)15(19)18-7-8-22-9-12(18)16(20)21/h1-6,12H,7-9H2,(H,20,21)/t12-/m0/s1. The first-order valence-electron chi connectivity index (χ1n) is 7.04. The van der Waals surface area contributed by atoms with Crippen LogP contribution in [-0.2, 0) is 9.53 Å². The molecule has 1 saturated heterocycles. The Kier molecular flexibility index (Phi) is 4.36. The Morgan fingerprint density at radius 1 is 1.22 bits per heavy atom. The maximum atomic E-state index is 12.5. The molecule has 1 aromatic carbocycles. The van der Waals surface area contributed by atoms with Gasteiger partial charge in [-0.2, -0.15) is 0 Å². The summed E-state index contributed by atoms with van der Waals surface area (Å²) in [6.07, 6.45) is 0. The summed E-state index contributed by atoms with van der Waals surface area (Å²) in [7, 11) is 0. The van der Waals surface area contributed by atoms with Crippen molar-refractivity contribution in [3.05, 3.63) is 47.2 Å². The van der Waals surface area contributed by atoms with Gasteiger partial charge in [0.1, 0.15) is 5.76 Å². The summed E-state index contributed by atoms with van der Waals surface area (Å²) in [5.74, 6) is -1.04. The summed E-state index contributed by atoms with van der Waals surface area (Å²) in [6, 6.07) is 9.28. The Morgan fingerprint density at radius 2 is 2.00 bits per heavy atom. The van der Waals surface area contributed by atoms with E-state index in [-0.39, 0.29) is 18.9 Å². The van der Waals surface area contributed by atoms with Crippen LogP contribution in [0.2, 0.25) is 5.02 Å². The lowest BCUT2D eigenvalue weighted by molar-refractivity contribution is -0.147.